The van der Waals surface area contributed by atoms with E-state index < -0.39 is 5.97 Å². The second kappa shape index (κ2) is 5.77. The number of benzene rings is 2. The van der Waals surface area contributed by atoms with Crippen molar-refractivity contribution in [3.8, 4) is 0 Å². The lowest BCUT2D eigenvalue weighted by molar-refractivity contribution is 0.0696. The van der Waals surface area contributed by atoms with E-state index in [0.717, 1.165) is 22.9 Å². The number of rotatable bonds is 3. The van der Waals surface area contributed by atoms with E-state index in [1.807, 2.05) is 41.0 Å². The molecule has 0 aliphatic carbocycles. The number of hydrogen-bond acceptors (Lipinski definition) is 2. The second-order valence-corrected chi connectivity index (χ2v) is 6.38. The molecule has 5 nitrogen and oxygen atoms in total. The van der Waals surface area contributed by atoms with Crippen LogP contribution in [0.25, 0.3) is 10.9 Å². The van der Waals surface area contributed by atoms with Crippen LogP contribution < -0.4 is 0 Å². The van der Waals surface area contributed by atoms with Gasteiger partial charge in [0.25, 0.3) is 5.91 Å². The molecule has 1 aliphatic rings. The van der Waals surface area contributed by atoms with Gasteiger partial charge in [0.2, 0.25) is 0 Å². The zero-order chi connectivity index (χ0) is 17.6. The maximum atomic E-state index is 12.8. The molecule has 0 unspecified atom stereocenters. The number of carboxylic acid groups (broad SMARTS) is 1. The first-order chi connectivity index (χ1) is 12.1. The van der Waals surface area contributed by atoms with E-state index in [-0.39, 0.29) is 11.5 Å². The van der Waals surface area contributed by atoms with E-state index in [9.17, 15) is 14.7 Å². The van der Waals surface area contributed by atoms with Crippen LogP contribution in [0.2, 0.25) is 0 Å². The molecule has 1 amide bonds. The molecule has 2 heterocycles. The van der Waals surface area contributed by atoms with Gasteiger partial charge in [-0.3, -0.25) is 4.79 Å². The van der Waals surface area contributed by atoms with Gasteiger partial charge < -0.3 is 14.6 Å². The molecular weight excluding hydrogens is 316 g/mol. The molecule has 5 heteroatoms. The number of amides is 1. The normalized spacial score (nSPS) is 14.0. The highest BCUT2D eigenvalue weighted by Gasteiger charge is 2.30. The summed E-state index contributed by atoms with van der Waals surface area (Å²) >= 11 is 0. The lowest BCUT2D eigenvalue weighted by Gasteiger charge is -2.24. The first kappa shape index (κ1) is 15.4. The van der Waals surface area contributed by atoms with Crippen LogP contribution in [0.5, 0.6) is 0 Å². The van der Waals surface area contributed by atoms with Crippen LogP contribution >= 0.6 is 0 Å². The molecule has 0 saturated carbocycles. The Morgan fingerprint density at radius 1 is 1.12 bits per heavy atom. The van der Waals surface area contributed by atoms with Gasteiger partial charge in [0, 0.05) is 25.5 Å². The second-order valence-electron chi connectivity index (χ2n) is 6.38. The summed E-state index contributed by atoms with van der Waals surface area (Å²) in [7, 11) is 1.79. The van der Waals surface area contributed by atoms with Crippen molar-refractivity contribution < 1.29 is 14.7 Å². The minimum Gasteiger partial charge on any atom is -0.478 e. The third kappa shape index (κ3) is 2.39. The molecule has 1 N–H and O–H groups in total. The number of carbonyl (C=O) groups is 2. The van der Waals surface area contributed by atoms with Crippen molar-refractivity contribution in [3.63, 3.8) is 0 Å². The van der Waals surface area contributed by atoms with Gasteiger partial charge >= 0.3 is 5.97 Å². The van der Waals surface area contributed by atoms with Gasteiger partial charge in [-0.2, -0.15) is 0 Å². The Labute approximate surface area is 145 Å². The number of carbonyl (C=O) groups excluding carboxylic acids is 1. The summed E-state index contributed by atoms with van der Waals surface area (Å²) in [6, 6.07) is 15.1. The maximum absolute atomic E-state index is 12.8. The average Bonchev–Trinajstić information content (AvgIpc) is 2.93. The van der Waals surface area contributed by atoms with Crippen LogP contribution in [0.15, 0.2) is 48.5 Å². The zero-order valence-corrected chi connectivity index (χ0v) is 13.9. The van der Waals surface area contributed by atoms with Gasteiger partial charge in [-0.15, -0.1) is 0 Å². The first-order valence-corrected chi connectivity index (χ1v) is 8.24. The van der Waals surface area contributed by atoms with E-state index in [1.54, 1.807) is 24.1 Å². The quantitative estimate of drug-likeness (QED) is 0.801. The topological polar surface area (TPSA) is 62.5 Å². The average molecular weight is 334 g/mol. The Morgan fingerprint density at radius 2 is 1.88 bits per heavy atom. The summed E-state index contributed by atoms with van der Waals surface area (Å²) in [5.41, 5.74) is 3.47. The maximum Gasteiger partial charge on any atom is 0.337 e. The molecule has 3 aromatic rings. The van der Waals surface area contributed by atoms with Crippen LogP contribution in [-0.2, 0) is 13.0 Å². The SMILES string of the molecule is CN1CCc2c(n(Cc3ccccc3)c3c(C(=O)O)cccc23)C1=O. The number of aromatic carboxylic acids is 1. The third-order valence-corrected chi connectivity index (χ3v) is 4.85. The first-order valence-electron chi connectivity index (χ1n) is 8.24. The van der Waals surface area contributed by atoms with E-state index in [4.69, 9.17) is 0 Å². The molecule has 126 valence electrons. The molecule has 0 fully saturated rings. The van der Waals surface area contributed by atoms with E-state index >= 15 is 0 Å². The highest BCUT2D eigenvalue weighted by Crippen LogP contribution is 2.33. The van der Waals surface area contributed by atoms with E-state index in [0.29, 0.717) is 24.3 Å². The standard InChI is InChI=1S/C20H18N2O3/c1-21-11-10-15-14-8-5-9-16(20(24)25)17(14)22(18(15)19(21)23)12-13-6-3-2-4-7-13/h2-9H,10-12H2,1H3,(H,24,25). The van der Waals surface area contributed by atoms with Crippen molar-refractivity contribution in [2.45, 2.75) is 13.0 Å². The summed E-state index contributed by atoms with van der Waals surface area (Å²) in [6.45, 7) is 1.12. The highest BCUT2D eigenvalue weighted by atomic mass is 16.4. The van der Waals surface area contributed by atoms with Gasteiger partial charge in [0.05, 0.1) is 11.1 Å². The predicted octanol–water partition coefficient (Wildman–Crippen LogP) is 3.02. The van der Waals surface area contributed by atoms with Gasteiger partial charge in [-0.25, -0.2) is 4.79 Å². The largest absolute Gasteiger partial charge is 0.478 e. The molecule has 0 spiro atoms. The minimum absolute atomic E-state index is 0.0512. The third-order valence-electron chi connectivity index (χ3n) is 4.85. The fraction of sp³-hybridized carbons (Fsp3) is 0.200. The fourth-order valence-electron chi connectivity index (χ4n) is 3.64. The Hall–Kier alpha value is -3.08. The molecule has 25 heavy (non-hydrogen) atoms. The summed E-state index contributed by atoms with van der Waals surface area (Å²) in [6.07, 6.45) is 0.735. The van der Waals surface area contributed by atoms with Gasteiger partial charge in [-0.1, -0.05) is 42.5 Å². The number of fused-ring (bicyclic) bond motifs is 3. The van der Waals surface area contributed by atoms with Crippen molar-refractivity contribution in [2.75, 3.05) is 13.6 Å². The molecule has 1 aromatic heterocycles. The number of nitrogens with zero attached hydrogens (tertiary/aromatic N) is 2. The number of aromatic nitrogens is 1. The smallest absolute Gasteiger partial charge is 0.337 e. The Bertz CT molecular complexity index is 989. The van der Waals surface area contributed by atoms with E-state index in [1.165, 1.54) is 0 Å². The fourth-order valence-corrected chi connectivity index (χ4v) is 3.64. The summed E-state index contributed by atoms with van der Waals surface area (Å²) in [4.78, 5) is 26.3. The molecular formula is C20H18N2O3. The van der Waals surface area contributed by atoms with Crippen molar-refractivity contribution in [1.29, 1.82) is 0 Å². The van der Waals surface area contributed by atoms with Crippen molar-refractivity contribution in [3.05, 3.63) is 70.9 Å². The summed E-state index contributed by atoms with van der Waals surface area (Å²) in [5.74, 6) is -1.03. The molecule has 2 aromatic carbocycles. The molecule has 0 bridgehead atoms. The van der Waals surface area contributed by atoms with Crippen LogP contribution in [-0.4, -0.2) is 40.0 Å². The van der Waals surface area contributed by atoms with Gasteiger partial charge in [-0.05, 0) is 23.6 Å². The predicted molar refractivity (Wildman–Crippen MR) is 95.1 cm³/mol. The highest BCUT2D eigenvalue weighted by molar-refractivity contribution is 6.09. The molecule has 0 radical (unpaired) electrons. The summed E-state index contributed by atoms with van der Waals surface area (Å²) in [5, 5.41) is 10.5. The molecule has 0 atom stereocenters. The van der Waals surface area contributed by atoms with Crippen LogP contribution in [0.1, 0.15) is 32.0 Å². The number of hydrogen-bond donors (Lipinski definition) is 1. The Balaban J connectivity index is 2.04. The minimum atomic E-state index is -0.976. The van der Waals surface area contributed by atoms with Crippen LogP contribution in [0, 0.1) is 0 Å². The number of likely N-dealkylation sites (N-methyl/N-ethyl adjacent to an activating group) is 1. The number of para-hydroxylation sites is 1. The van der Waals surface area contributed by atoms with Crippen molar-refractivity contribution in [2.24, 2.45) is 0 Å². The van der Waals surface area contributed by atoms with Crippen molar-refractivity contribution in [1.82, 2.24) is 9.47 Å². The van der Waals surface area contributed by atoms with Crippen LogP contribution in [0.4, 0.5) is 0 Å². The molecule has 0 saturated heterocycles. The molecule has 1 aliphatic heterocycles. The van der Waals surface area contributed by atoms with E-state index in [2.05, 4.69) is 0 Å². The van der Waals surface area contributed by atoms with Crippen LogP contribution in [0.3, 0.4) is 0 Å². The molecule has 4 rings (SSSR count). The monoisotopic (exact) mass is 334 g/mol. The lowest BCUT2D eigenvalue weighted by atomic mass is 10.0. The number of carboxylic acids is 1. The zero-order valence-electron chi connectivity index (χ0n) is 13.9. The van der Waals surface area contributed by atoms with Gasteiger partial charge in [0.1, 0.15) is 5.69 Å². The Kier molecular flexibility index (Phi) is 3.57. The Morgan fingerprint density at radius 3 is 2.60 bits per heavy atom. The van der Waals surface area contributed by atoms with Crippen molar-refractivity contribution >= 4 is 22.8 Å². The van der Waals surface area contributed by atoms with Gasteiger partial charge in [0.15, 0.2) is 0 Å². The summed E-state index contributed by atoms with van der Waals surface area (Å²) < 4.78 is 1.88. The lowest BCUT2D eigenvalue weighted by Crippen LogP contribution is -2.35.